The number of alkyl halides is 3. The molecular formula is C55H54ClF4N11O7. The van der Waals surface area contributed by atoms with Gasteiger partial charge in [-0.15, -0.1) is 0 Å². The number of ether oxygens (including phenoxy) is 2. The molecule has 3 saturated heterocycles. The number of benzene rings is 4. The second-order valence-electron chi connectivity index (χ2n) is 20.0. The van der Waals surface area contributed by atoms with Crippen molar-refractivity contribution in [1.82, 2.24) is 35.3 Å². The van der Waals surface area contributed by atoms with Crippen molar-refractivity contribution < 1.29 is 51.0 Å². The molecule has 5 aromatic rings. The van der Waals surface area contributed by atoms with E-state index in [4.69, 9.17) is 31.0 Å². The molecule has 23 heteroatoms. The Balaban J connectivity index is 0.814. The van der Waals surface area contributed by atoms with E-state index in [1.54, 1.807) is 0 Å². The van der Waals surface area contributed by atoms with Crippen molar-refractivity contribution in [2.24, 2.45) is 0 Å². The van der Waals surface area contributed by atoms with Gasteiger partial charge in [0.1, 0.15) is 36.6 Å². The number of carbonyl (C=O) groups is 5. The predicted octanol–water partition coefficient (Wildman–Crippen LogP) is 7.13. The summed E-state index contributed by atoms with van der Waals surface area (Å²) in [6, 6.07) is 16.9. The van der Waals surface area contributed by atoms with E-state index in [0.717, 1.165) is 59.2 Å². The van der Waals surface area contributed by atoms with E-state index >= 15 is 4.39 Å². The molecule has 0 saturated carbocycles. The number of piperidine rings is 1. The fourth-order valence-electron chi connectivity index (χ4n) is 10.9. The second-order valence-corrected chi connectivity index (χ2v) is 20.4. The average molecular weight is 1090 g/mol. The Kier molecular flexibility index (Phi) is 15.1. The fraction of sp³-hybridized carbons (Fsp3) is 0.382. The van der Waals surface area contributed by atoms with Gasteiger partial charge in [-0.3, -0.25) is 24.5 Å². The third-order valence-electron chi connectivity index (χ3n) is 15.1. The van der Waals surface area contributed by atoms with Crippen molar-refractivity contribution in [1.29, 1.82) is 5.26 Å². The number of piperazine rings is 1. The van der Waals surface area contributed by atoms with Crippen molar-refractivity contribution in [3.8, 4) is 17.8 Å². The van der Waals surface area contributed by atoms with Gasteiger partial charge in [-0.1, -0.05) is 48.5 Å². The quantitative estimate of drug-likeness (QED) is 0.0576. The summed E-state index contributed by atoms with van der Waals surface area (Å²) >= 11 is 6.77. The molecule has 0 radical (unpaired) electrons. The Morgan fingerprint density at radius 2 is 1.74 bits per heavy atom. The van der Waals surface area contributed by atoms with Crippen LogP contribution in [0.1, 0.15) is 70.4 Å². The summed E-state index contributed by atoms with van der Waals surface area (Å²) in [6.45, 7) is 5.72. The number of nitrogens with one attached hydrogen (secondary N) is 3. The maximum absolute atomic E-state index is 15.8. The second kappa shape index (κ2) is 22.1. The fourth-order valence-corrected chi connectivity index (χ4v) is 11.2. The number of fused-ring (bicyclic) bond motifs is 3. The van der Waals surface area contributed by atoms with Crippen LogP contribution in [0.3, 0.4) is 0 Å². The molecule has 4 aromatic carbocycles. The summed E-state index contributed by atoms with van der Waals surface area (Å²) in [4.78, 5) is 83.9. The Hall–Kier alpha value is -8.03. The van der Waals surface area contributed by atoms with Gasteiger partial charge in [-0.25, -0.2) is 9.18 Å². The van der Waals surface area contributed by atoms with Crippen LogP contribution in [-0.2, 0) is 46.6 Å². The molecule has 406 valence electrons. The maximum atomic E-state index is 15.8. The molecule has 0 aliphatic carbocycles. The third-order valence-corrected chi connectivity index (χ3v) is 15.4. The number of urea groups is 1. The van der Waals surface area contributed by atoms with Crippen LogP contribution >= 0.6 is 11.6 Å². The highest BCUT2D eigenvalue weighted by Crippen LogP contribution is 2.39. The zero-order chi connectivity index (χ0) is 55.0. The highest BCUT2D eigenvalue weighted by Gasteiger charge is 2.41. The molecule has 3 atom stereocenters. The van der Waals surface area contributed by atoms with Gasteiger partial charge in [-0.05, 0) is 81.1 Å². The van der Waals surface area contributed by atoms with Crippen LogP contribution in [0.5, 0.6) is 11.8 Å². The van der Waals surface area contributed by atoms with Crippen molar-refractivity contribution in [2.75, 3.05) is 68.1 Å². The molecule has 78 heavy (non-hydrogen) atoms. The average Bonchev–Trinajstić information content (AvgIpc) is 4.04. The minimum Gasteiger partial charge on any atom is -0.487 e. The number of likely N-dealkylation sites (tertiary alicyclic amines) is 1. The highest BCUT2D eigenvalue weighted by molar-refractivity contribution is 6.36. The summed E-state index contributed by atoms with van der Waals surface area (Å²) in [5.74, 6) is -2.92. The molecule has 1 unspecified atom stereocenters. The van der Waals surface area contributed by atoms with E-state index in [9.17, 15) is 42.4 Å². The molecule has 6 heterocycles. The number of nitrogens with zero attached hydrogens (tertiary/aromatic N) is 8. The summed E-state index contributed by atoms with van der Waals surface area (Å²) in [5.41, 5.74) is 1.22. The van der Waals surface area contributed by atoms with Crippen LogP contribution in [0.15, 0.2) is 78.9 Å². The number of hydrogen-bond donors (Lipinski definition) is 3. The number of halogens is 5. The van der Waals surface area contributed by atoms with Gasteiger partial charge in [-0.2, -0.15) is 28.4 Å². The molecule has 0 bridgehead atoms. The lowest BCUT2D eigenvalue weighted by molar-refractivity contribution is -0.138. The monoisotopic (exact) mass is 1090 g/mol. The number of carbonyl (C=O) groups excluding carboxylic acids is 5. The molecular weight excluding hydrogens is 1040 g/mol. The van der Waals surface area contributed by atoms with Crippen molar-refractivity contribution in [3.63, 3.8) is 0 Å². The van der Waals surface area contributed by atoms with Gasteiger partial charge in [0.2, 0.25) is 11.8 Å². The van der Waals surface area contributed by atoms with Crippen LogP contribution in [0.25, 0.3) is 10.8 Å². The number of anilines is 3. The van der Waals surface area contributed by atoms with Gasteiger partial charge >= 0.3 is 18.2 Å². The SMILES string of the molecule is C=C(COc1cc(C(F)(F)F)ccc1NC(=O)NCc1ccc2c(c1F)CN(C1CCC(=O)NC1=O)C2=O)C(=O)N1CCN(c2nc(OC[C@@H]3CCCN3C)nc3c2CCN(c2cccc4cccc(Cl)c24)C3)C[C@@H]1CC#N. The number of likely N-dealkylation sites (N-methyl/N-ethyl adjacent to an activating group) is 1. The summed E-state index contributed by atoms with van der Waals surface area (Å²) in [6.07, 6.45) is -2.18. The normalized spacial score (nSPS) is 19.6. The standard InChI is InChI=1S/C55H54ClF4N11O7/c1-31(29-77-45-24-34(55(58,59)60)12-14-41(45)63-53(76)62-25-33-11-13-37-39(48(33)57)27-71(52(37)75)44-15-16-46(72)65-50(44)73)51(74)70-23-22-69(26-35(70)17-19-61)49-38-18-21-68(43-10-4-7-32-6-3-9-40(56)47(32)43)28-42(38)64-54(66-49)78-30-36-8-5-20-67(36)2/h3-4,6-7,9-14,24,35-36,44H,1,5,8,15-18,20-23,25-30H2,2H3,(H2,62,63,76)(H,65,72,73)/t35-,36-,44?/m0/s1. The van der Waals surface area contributed by atoms with Crippen LogP contribution in [0.4, 0.5) is 39.5 Å². The van der Waals surface area contributed by atoms with Gasteiger partial charge < -0.3 is 44.6 Å². The molecule has 10 rings (SSSR count). The largest absolute Gasteiger partial charge is 0.487 e. The topological polar surface area (TPSA) is 206 Å². The lowest BCUT2D eigenvalue weighted by atomic mass is 10.0. The minimum absolute atomic E-state index is 0.00144. The summed E-state index contributed by atoms with van der Waals surface area (Å²) in [5, 5.41) is 19.7. The lowest BCUT2D eigenvalue weighted by Crippen LogP contribution is -2.56. The number of imide groups is 1. The Labute approximate surface area is 450 Å². The van der Waals surface area contributed by atoms with Gasteiger partial charge in [0, 0.05) is 84.1 Å². The molecule has 5 aliphatic rings. The van der Waals surface area contributed by atoms with Crippen LogP contribution in [0.2, 0.25) is 5.02 Å². The van der Waals surface area contributed by atoms with E-state index < -0.39 is 78.2 Å². The zero-order valence-corrected chi connectivity index (χ0v) is 43.2. The van der Waals surface area contributed by atoms with E-state index in [0.29, 0.717) is 49.6 Å². The van der Waals surface area contributed by atoms with Crippen LogP contribution < -0.4 is 35.2 Å². The Bertz CT molecular complexity index is 3300. The van der Waals surface area contributed by atoms with E-state index in [-0.39, 0.29) is 78.9 Å². The first-order valence-corrected chi connectivity index (χ1v) is 25.9. The molecule has 3 N–H and O–H groups in total. The number of amides is 6. The molecule has 6 amide bonds. The number of hydrogen-bond acceptors (Lipinski definition) is 13. The molecule has 18 nitrogen and oxygen atoms in total. The summed E-state index contributed by atoms with van der Waals surface area (Å²) < 4.78 is 70.1. The molecule has 3 fully saturated rings. The zero-order valence-electron chi connectivity index (χ0n) is 42.4. The lowest BCUT2D eigenvalue weighted by Gasteiger charge is -2.42. The van der Waals surface area contributed by atoms with E-state index in [1.165, 1.54) is 21.9 Å². The predicted molar refractivity (Wildman–Crippen MR) is 279 cm³/mol. The van der Waals surface area contributed by atoms with Crippen molar-refractivity contribution >= 4 is 69.2 Å². The van der Waals surface area contributed by atoms with E-state index in [1.807, 2.05) is 41.3 Å². The van der Waals surface area contributed by atoms with Crippen LogP contribution in [0, 0.1) is 17.1 Å². The van der Waals surface area contributed by atoms with Crippen molar-refractivity contribution in [3.05, 3.63) is 123 Å². The first-order chi connectivity index (χ1) is 37.4. The Morgan fingerprint density at radius 3 is 2.50 bits per heavy atom. The molecule has 5 aliphatic heterocycles. The van der Waals surface area contributed by atoms with Gasteiger partial charge in [0.05, 0.1) is 53.6 Å². The number of nitriles is 1. The Morgan fingerprint density at radius 1 is 0.936 bits per heavy atom. The summed E-state index contributed by atoms with van der Waals surface area (Å²) in [7, 11) is 2.06. The smallest absolute Gasteiger partial charge is 0.416 e. The molecule has 1 aromatic heterocycles. The third kappa shape index (κ3) is 10.9. The number of rotatable bonds is 14. The first kappa shape index (κ1) is 53.4. The van der Waals surface area contributed by atoms with E-state index in [2.05, 4.69) is 45.4 Å². The first-order valence-electron chi connectivity index (χ1n) is 25.5. The number of aromatic nitrogens is 2. The van der Waals surface area contributed by atoms with Gasteiger partial charge in [0.25, 0.3) is 11.8 Å². The van der Waals surface area contributed by atoms with Crippen molar-refractivity contribution in [2.45, 2.75) is 82.5 Å². The van der Waals surface area contributed by atoms with Gasteiger partial charge in [0.15, 0.2) is 0 Å². The maximum Gasteiger partial charge on any atom is 0.416 e. The van der Waals surface area contributed by atoms with Crippen LogP contribution in [-0.4, -0.2) is 125 Å². The highest BCUT2D eigenvalue weighted by atomic mass is 35.5. The minimum atomic E-state index is -4.82. The molecule has 0 spiro atoms.